The largest absolute Gasteiger partial charge is 0.496 e. The molecule has 21 heavy (non-hydrogen) atoms. The van der Waals surface area contributed by atoms with Crippen LogP contribution in [0.5, 0.6) is 5.75 Å². The third-order valence-corrected chi connectivity index (χ3v) is 4.37. The number of aryl methyl sites for hydroxylation is 1. The zero-order chi connectivity index (χ0) is 14.8. The predicted octanol–water partition coefficient (Wildman–Crippen LogP) is 4.27. The molecule has 0 aromatic heterocycles. The van der Waals surface area contributed by atoms with E-state index in [4.69, 9.17) is 4.74 Å². The maximum atomic E-state index is 5.57. The van der Waals surface area contributed by atoms with Crippen LogP contribution >= 0.6 is 0 Å². The fourth-order valence-electron chi connectivity index (χ4n) is 3.40. The summed E-state index contributed by atoms with van der Waals surface area (Å²) < 4.78 is 5.57. The molecule has 0 fully saturated rings. The lowest BCUT2D eigenvalue weighted by Crippen LogP contribution is -2.18. The van der Waals surface area contributed by atoms with Crippen LogP contribution in [-0.4, -0.2) is 13.7 Å². The molecule has 0 saturated carbocycles. The van der Waals surface area contributed by atoms with Gasteiger partial charge in [-0.2, -0.15) is 0 Å². The van der Waals surface area contributed by atoms with Crippen LogP contribution in [0.4, 0.5) is 0 Å². The van der Waals surface area contributed by atoms with Gasteiger partial charge in [0.25, 0.3) is 0 Å². The minimum Gasteiger partial charge on any atom is -0.496 e. The fourth-order valence-corrected chi connectivity index (χ4v) is 3.40. The van der Waals surface area contributed by atoms with Crippen molar-refractivity contribution in [2.45, 2.75) is 32.7 Å². The molecule has 2 nitrogen and oxygen atoms in total. The van der Waals surface area contributed by atoms with E-state index in [-0.39, 0.29) is 0 Å². The summed E-state index contributed by atoms with van der Waals surface area (Å²) in [6.07, 6.45) is 2.33. The first-order valence-electron chi connectivity index (χ1n) is 7.74. The second-order valence-corrected chi connectivity index (χ2v) is 5.73. The molecule has 2 aromatic rings. The topological polar surface area (TPSA) is 21.3 Å². The summed E-state index contributed by atoms with van der Waals surface area (Å²) in [5, 5.41) is 3.59. The van der Waals surface area contributed by atoms with Crippen LogP contribution < -0.4 is 10.1 Å². The first-order valence-corrected chi connectivity index (χ1v) is 7.74. The van der Waals surface area contributed by atoms with E-state index in [1.165, 1.54) is 34.2 Å². The Morgan fingerprint density at radius 1 is 1.19 bits per heavy atom. The summed E-state index contributed by atoms with van der Waals surface area (Å²) in [4.78, 5) is 0. The van der Waals surface area contributed by atoms with Crippen molar-refractivity contribution in [2.75, 3.05) is 13.7 Å². The van der Waals surface area contributed by atoms with Crippen LogP contribution in [0, 0.1) is 6.92 Å². The van der Waals surface area contributed by atoms with Gasteiger partial charge in [-0.25, -0.2) is 0 Å². The van der Waals surface area contributed by atoms with E-state index in [0.29, 0.717) is 6.04 Å². The Balaban J connectivity index is 2.11. The van der Waals surface area contributed by atoms with Gasteiger partial charge >= 0.3 is 0 Å². The molecule has 0 radical (unpaired) electrons. The first-order chi connectivity index (χ1) is 10.2. The highest BCUT2D eigenvalue weighted by Gasteiger charge is 2.24. The number of benzene rings is 2. The molecule has 0 amide bonds. The van der Waals surface area contributed by atoms with Crippen molar-refractivity contribution in [1.82, 2.24) is 5.32 Å². The smallest absolute Gasteiger partial charge is 0.126 e. The van der Waals surface area contributed by atoms with Gasteiger partial charge in [0.05, 0.1) is 7.11 Å². The lowest BCUT2D eigenvalue weighted by molar-refractivity contribution is 0.416. The van der Waals surface area contributed by atoms with Gasteiger partial charge in [0.15, 0.2) is 0 Å². The number of hydrogen-bond donors (Lipinski definition) is 1. The summed E-state index contributed by atoms with van der Waals surface area (Å²) in [7, 11) is 1.75. The van der Waals surface area contributed by atoms with Crippen LogP contribution in [0.25, 0.3) is 11.1 Å². The molecule has 110 valence electrons. The number of methoxy groups -OCH3 is 1. The average molecular weight is 281 g/mol. The molecular formula is C19H23NO. The van der Waals surface area contributed by atoms with E-state index < -0.39 is 0 Å². The average Bonchev–Trinajstić information content (AvgIpc) is 2.91. The van der Waals surface area contributed by atoms with Gasteiger partial charge in [-0.05, 0) is 55.1 Å². The summed E-state index contributed by atoms with van der Waals surface area (Å²) >= 11 is 0. The molecule has 0 spiro atoms. The van der Waals surface area contributed by atoms with Crippen molar-refractivity contribution in [3.8, 4) is 16.9 Å². The van der Waals surface area contributed by atoms with Crippen LogP contribution in [0.1, 0.15) is 36.1 Å². The van der Waals surface area contributed by atoms with Gasteiger partial charge in [0, 0.05) is 11.6 Å². The lowest BCUT2D eigenvalue weighted by atomic mass is 9.94. The van der Waals surface area contributed by atoms with E-state index in [1.807, 2.05) is 0 Å². The van der Waals surface area contributed by atoms with Crippen molar-refractivity contribution >= 4 is 0 Å². The molecule has 1 N–H and O–H groups in total. The minimum absolute atomic E-state index is 0.501. The second kappa shape index (κ2) is 5.90. The van der Waals surface area contributed by atoms with Crippen LogP contribution in [0.2, 0.25) is 0 Å². The summed E-state index contributed by atoms with van der Waals surface area (Å²) in [5.74, 6) is 0.959. The molecule has 1 unspecified atom stereocenters. The normalized spacial score (nSPS) is 16.8. The summed E-state index contributed by atoms with van der Waals surface area (Å²) in [6.45, 7) is 5.32. The third-order valence-electron chi connectivity index (χ3n) is 4.37. The van der Waals surface area contributed by atoms with Crippen molar-refractivity contribution in [2.24, 2.45) is 0 Å². The van der Waals surface area contributed by atoms with Gasteiger partial charge in [0.2, 0.25) is 0 Å². The zero-order valence-corrected chi connectivity index (χ0v) is 13.1. The molecule has 1 atom stereocenters. The van der Waals surface area contributed by atoms with Gasteiger partial charge < -0.3 is 10.1 Å². The predicted molar refractivity (Wildman–Crippen MR) is 87.9 cm³/mol. The number of hydrogen-bond acceptors (Lipinski definition) is 2. The molecular weight excluding hydrogens is 258 g/mol. The van der Waals surface area contributed by atoms with Gasteiger partial charge in [-0.1, -0.05) is 36.8 Å². The molecule has 2 aromatic carbocycles. The van der Waals surface area contributed by atoms with Crippen molar-refractivity contribution in [3.63, 3.8) is 0 Å². The fraction of sp³-hybridized carbons (Fsp3) is 0.368. The quantitative estimate of drug-likeness (QED) is 0.903. The molecule has 2 heteroatoms. The zero-order valence-electron chi connectivity index (χ0n) is 13.1. The molecule has 1 aliphatic carbocycles. The van der Waals surface area contributed by atoms with Crippen LogP contribution in [0.15, 0.2) is 36.4 Å². The number of nitrogens with one attached hydrogen (secondary N) is 1. The molecule has 0 aliphatic heterocycles. The van der Waals surface area contributed by atoms with Crippen molar-refractivity contribution in [3.05, 3.63) is 53.1 Å². The Labute approximate surface area is 127 Å². The summed E-state index contributed by atoms with van der Waals surface area (Å²) in [6, 6.07) is 13.6. The SMILES string of the molecule is CCNC1CCc2c(-c3cc(C)ccc3OC)cccc21. The Morgan fingerprint density at radius 2 is 2.05 bits per heavy atom. The van der Waals surface area contributed by atoms with Gasteiger partial charge in [-0.3, -0.25) is 0 Å². The molecule has 3 rings (SSSR count). The highest BCUT2D eigenvalue weighted by atomic mass is 16.5. The van der Waals surface area contributed by atoms with Crippen molar-refractivity contribution in [1.29, 1.82) is 0 Å². The first kappa shape index (κ1) is 14.2. The molecule has 0 saturated heterocycles. The Kier molecular flexibility index (Phi) is 3.98. The lowest BCUT2D eigenvalue weighted by Gasteiger charge is -2.15. The monoisotopic (exact) mass is 281 g/mol. The van der Waals surface area contributed by atoms with E-state index in [2.05, 4.69) is 55.6 Å². The van der Waals surface area contributed by atoms with E-state index in [9.17, 15) is 0 Å². The molecule has 0 bridgehead atoms. The van der Waals surface area contributed by atoms with Gasteiger partial charge in [0.1, 0.15) is 5.75 Å². The number of fused-ring (bicyclic) bond motifs is 1. The highest BCUT2D eigenvalue weighted by Crippen LogP contribution is 2.40. The number of rotatable bonds is 4. The van der Waals surface area contributed by atoms with E-state index in [1.54, 1.807) is 7.11 Å². The Bertz CT molecular complexity index is 648. The minimum atomic E-state index is 0.501. The highest BCUT2D eigenvalue weighted by molar-refractivity contribution is 5.75. The molecule has 1 aliphatic rings. The third kappa shape index (κ3) is 2.56. The number of ether oxygens (including phenoxy) is 1. The summed E-state index contributed by atoms with van der Waals surface area (Å²) in [5.41, 5.74) is 6.75. The standard InChI is InChI=1S/C19H23NO/c1-4-20-18-10-9-15-14(6-5-7-16(15)18)17-12-13(2)8-11-19(17)21-3/h5-8,11-12,18,20H,4,9-10H2,1-3H3. The Morgan fingerprint density at radius 3 is 2.81 bits per heavy atom. The van der Waals surface area contributed by atoms with Crippen LogP contribution in [-0.2, 0) is 6.42 Å². The molecule has 0 heterocycles. The van der Waals surface area contributed by atoms with E-state index >= 15 is 0 Å². The maximum absolute atomic E-state index is 5.57. The maximum Gasteiger partial charge on any atom is 0.126 e. The van der Waals surface area contributed by atoms with E-state index in [0.717, 1.165) is 18.7 Å². The van der Waals surface area contributed by atoms with Crippen LogP contribution in [0.3, 0.4) is 0 Å². The van der Waals surface area contributed by atoms with Crippen molar-refractivity contribution < 1.29 is 4.74 Å². The Hall–Kier alpha value is -1.80. The second-order valence-electron chi connectivity index (χ2n) is 5.73. The van der Waals surface area contributed by atoms with Gasteiger partial charge in [-0.15, -0.1) is 0 Å².